The molecule has 2 rings (SSSR count). The zero-order chi connectivity index (χ0) is 19.0. The Kier molecular flexibility index (Phi) is 13.3. The van der Waals surface area contributed by atoms with E-state index in [4.69, 9.17) is 9.52 Å². The van der Waals surface area contributed by atoms with E-state index in [1.807, 2.05) is 6.07 Å². The molecule has 0 unspecified atom stereocenters. The van der Waals surface area contributed by atoms with Gasteiger partial charge in [0, 0.05) is 7.11 Å². The summed E-state index contributed by atoms with van der Waals surface area (Å²) in [6.07, 6.45) is 11.6. The van der Waals surface area contributed by atoms with Gasteiger partial charge in [-0.15, -0.1) is 0 Å². The number of aliphatic hydroxyl groups excluding tert-OH is 1. The van der Waals surface area contributed by atoms with Crippen molar-refractivity contribution in [1.29, 1.82) is 0 Å². The average molecular weight is 528 g/mol. The monoisotopic (exact) mass is 528 g/mol. The van der Waals surface area contributed by atoms with Gasteiger partial charge < -0.3 is 5.11 Å². The minimum atomic E-state index is 0.707. The van der Waals surface area contributed by atoms with E-state index in [1.54, 1.807) is 6.26 Å². The number of nitrogens with one attached hydrogen (secondary N) is 1. The number of hydrogen-bond acceptors (Lipinski definition) is 4. The first-order chi connectivity index (χ1) is 12.8. The standard InChI is InChI=1S/C20H28N2O.CH4O.W/c1-2-3-4-5-6-10-15-21-16-20-22-19(17-23-20)14-13-18-11-8-7-9-12-18;1-2;/h7-9,11-12,17,21H,2-6,10,13-14,16H2,1H3;2H,1H3;. The van der Waals surface area contributed by atoms with Gasteiger partial charge in [-0.2, -0.15) is 0 Å². The van der Waals surface area contributed by atoms with Gasteiger partial charge in [0.2, 0.25) is 0 Å². The van der Waals surface area contributed by atoms with Crippen molar-refractivity contribution in [2.75, 3.05) is 7.11 Å². The smallest absolute Gasteiger partial charge is 0.0319 e. The summed E-state index contributed by atoms with van der Waals surface area (Å²) < 4.78 is 7.00. The molecule has 0 amide bonds. The van der Waals surface area contributed by atoms with Crippen LogP contribution in [0, 0.1) is 0 Å². The van der Waals surface area contributed by atoms with Gasteiger partial charge in [-0.05, 0) is 0 Å². The van der Waals surface area contributed by atoms with Crippen molar-refractivity contribution in [2.45, 2.75) is 64.8 Å². The molecule has 0 atom stereocenters. The molecule has 144 valence electrons. The van der Waals surface area contributed by atoms with Crippen LogP contribution < -0.4 is 5.32 Å². The van der Waals surface area contributed by atoms with Gasteiger partial charge in [0.15, 0.2) is 0 Å². The van der Waals surface area contributed by atoms with E-state index in [0.29, 0.717) is 6.54 Å². The third-order valence-corrected chi connectivity index (χ3v) is 5.31. The molecule has 4 nitrogen and oxygen atoms in total. The second-order valence-electron chi connectivity index (χ2n) is 6.16. The summed E-state index contributed by atoms with van der Waals surface area (Å²) in [6, 6.07) is 10.5. The second kappa shape index (κ2) is 15.0. The van der Waals surface area contributed by atoms with Crippen molar-refractivity contribution in [3.8, 4) is 0 Å². The number of hydrogen-bond donors (Lipinski definition) is 2. The Morgan fingerprint density at radius 3 is 2.54 bits per heavy atom. The molecule has 0 aliphatic heterocycles. The summed E-state index contributed by atoms with van der Waals surface area (Å²) in [5, 5.41) is 10.5. The van der Waals surface area contributed by atoms with Crippen LogP contribution in [-0.4, -0.2) is 21.2 Å². The number of nitrogens with zero attached hydrogens (tertiary/aromatic N) is 1. The van der Waals surface area contributed by atoms with E-state index in [-0.39, 0.29) is 0 Å². The number of oxazole rings is 1. The molecule has 1 aromatic carbocycles. The Morgan fingerprint density at radius 2 is 1.81 bits per heavy atom. The van der Waals surface area contributed by atoms with E-state index >= 15 is 0 Å². The van der Waals surface area contributed by atoms with Crippen LogP contribution in [0.2, 0.25) is 0 Å². The van der Waals surface area contributed by atoms with Crippen LogP contribution in [-0.2, 0) is 38.7 Å². The van der Waals surface area contributed by atoms with Gasteiger partial charge in [-0.25, -0.2) is 0 Å². The van der Waals surface area contributed by atoms with Crippen LogP contribution in [0.3, 0.4) is 0 Å². The van der Waals surface area contributed by atoms with Crippen molar-refractivity contribution in [3.05, 3.63) is 53.7 Å². The Balaban J connectivity index is 0.00000163. The van der Waals surface area contributed by atoms with Crippen molar-refractivity contribution >= 4 is 4.02 Å². The SMILES string of the molecule is CCCCCCC[C](=[W])NCc1nc(CCc2ccccc2)co1.CO. The predicted molar refractivity (Wildman–Crippen MR) is 104 cm³/mol. The molecule has 0 fully saturated rings. The quantitative estimate of drug-likeness (QED) is 0.406. The fourth-order valence-electron chi connectivity index (χ4n) is 2.61. The molecule has 0 radical (unpaired) electrons. The molecule has 5 heteroatoms. The largest absolute Gasteiger partial charge is 0.400 e. The fraction of sp³-hybridized carbons (Fsp3) is 0.524. The molecule has 0 aliphatic rings. The van der Waals surface area contributed by atoms with Gasteiger partial charge in [-0.3, -0.25) is 0 Å². The Labute approximate surface area is 168 Å². The number of aryl methyl sites for hydroxylation is 2. The van der Waals surface area contributed by atoms with Crippen LogP contribution in [0.1, 0.15) is 62.6 Å². The van der Waals surface area contributed by atoms with Gasteiger partial charge in [0.05, 0.1) is 0 Å². The summed E-state index contributed by atoms with van der Waals surface area (Å²) in [5.74, 6) is 0.794. The second-order valence-corrected chi connectivity index (χ2v) is 7.93. The zero-order valence-electron chi connectivity index (χ0n) is 16.0. The summed E-state index contributed by atoms with van der Waals surface area (Å²) >= 11 is 1.52. The molecule has 0 saturated heterocycles. The van der Waals surface area contributed by atoms with E-state index in [2.05, 4.69) is 41.5 Å². The normalized spacial score (nSPS) is 10.3. The van der Waals surface area contributed by atoms with E-state index in [1.165, 1.54) is 67.5 Å². The number of aromatic nitrogens is 1. The maximum Gasteiger partial charge on any atom is 0.0319 e. The van der Waals surface area contributed by atoms with Crippen molar-refractivity contribution in [3.63, 3.8) is 0 Å². The Hall–Kier alpha value is -1.09. The first kappa shape index (κ1) is 22.9. The van der Waals surface area contributed by atoms with Crippen LogP contribution >= 0.6 is 0 Å². The molecular formula is C21H32N2O2W. The number of unbranched alkanes of at least 4 members (excludes halogenated alkanes) is 4. The number of rotatable bonds is 12. The van der Waals surface area contributed by atoms with Crippen LogP contribution in [0.15, 0.2) is 41.0 Å². The third-order valence-electron chi connectivity index (χ3n) is 4.06. The summed E-state index contributed by atoms with van der Waals surface area (Å²) in [6.45, 7) is 2.96. The van der Waals surface area contributed by atoms with Crippen molar-refractivity contribution in [2.24, 2.45) is 0 Å². The molecule has 1 aromatic heterocycles. The van der Waals surface area contributed by atoms with Crippen molar-refractivity contribution < 1.29 is 28.9 Å². The number of aliphatic hydroxyl groups is 1. The number of benzene rings is 1. The molecule has 0 saturated carbocycles. The molecular weight excluding hydrogens is 496 g/mol. The Morgan fingerprint density at radius 1 is 1.08 bits per heavy atom. The summed E-state index contributed by atoms with van der Waals surface area (Å²) in [4.78, 5) is 4.58. The maximum absolute atomic E-state index is 7.00. The van der Waals surface area contributed by atoms with Gasteiger partial charge >= 0.3 is 157 Å². The van der Waals surface area contributed by atoms with E-state index < -0.39 is 0 Å². The molecule has 0 aliphatic carbocycles. The molecule has 2 aromatic rings. The average Bonchev–Trinajstić information content (AvgIpc) is 3.15. The van der Waals surface area contributed by atoms with Crippen LogP contribution in [0.25, 0.3) is 0 Å². The van der Waals surface area contributed by atoms with E-state index in [9.17, 15) is 0 Å². The van der Waals surface area contributed by atoms with Crippen molar-refractivity contribution in [1.82, 2.24) is 10.3 Å². The first-order valence-electron chi connectivity index (χ1n) is 9.46. The van der Waals surface area contributed by atoms with Gasteiger partial charge in [0.25, 0.3) is 0 Å². The first-order valence-corrected chi connectivity index (χ1v) is 10.9. The minimum Gasteiger partial charge on any atom is -0.400 e. The summed E-state index contributed by atoms with van der Waals surface area (Å²) in [5.41, 5.74) is 2.39. The Bertz CT molecular complexity index is 599. The zero-order valence-corrected chi connectivity index (χ0v) is 19.0. The van der Waals surface area contributed by atoms with Gasteiger partial charge in [-0.1, -0.05) is 0 Å². The van der Waals surface area contributed by atoms with Crippen LogP contribution in [0.5, 0.6) is 0 Å². The molecule has 2 N–H and O–H groups in total. The summed E-state index contributed by atoms with van der Waals surface area (Å²) in [7, 11) is 1.00. The fourth-order valence-corrected chi connectivity index (χ4v) is 3.39. The maximum atomic E-state index is 7.00. The molecule has 0 bridgehead atoms. The molecule has 0 spiro atoms. The van der Waals surface area contributed by atoms with E-state index in [0.717, 1.165) is 31.5 Å². The minimum absolute atomic E-state index is 0.707. The molecule has 26 heavy (non-hydrogen) atoms. The topological polar surface area (TPSA) is 58.3 Å². The third kappa shape index (κ3) is 10.2. The van der Waals surface area contributed by atoms with Crippen LogP contribution in [0.4, 0.5) is 0 Å². The predicted octanol–water partition coefficient (Wildman–Crippen LogP) is 4.20. The molecule has 1 heterocycles. The van der Waals surface area contributed by atoms with Gasteiger partial charge in [0.1, 0.15) is 0 Å².